The van der Waals surface area contributed by atoms with Crippen molar-refractivity contribution >= 4 is 5.91 Å². The summed E-state index contributed by atoms with van der Waals surface area (Å²) in [5.74, 6) is -0.233. The normalized spacial score (nSPS) is 26.4. The van der Waals surface area contributed by atoms with Gasteiger partial charge in [-0.3, -0.25) is 4.79 Å². The fraction of sp³-hybridized carbons (Fsp3) is 0.889. The minimum atomic E-state index is -0.233. The van der Waals surface area contributed by atoms with Gasteiger partial charge in [0.05, 0.1) is 6.04 Å². The number of primary amides is 1. The molecule has 13 heavy (non-hydrogen) atoms. The Balaban J connectivity index is 0.000000671. The highest BCUT2D eigenvalue weighted by molar-refractivity contribution is 5.80. The number of carbonyl (C=O) groups is 1. The lowest BCUT2D eigenvalue weighted by atomic mass is 10.2. The predicted molar refractivity (Wildman–Crippen MR) is 54.4 cm³/mol. The van der Waals surface area contributed by atoms with E-state index in [-0.39, 0.29) is 11.9 Å². The average Bonchev–Trinajstić information content (AvgIpc) is 2.57. The van der Waals surface area contributed by atoms with Crippen LogP contribution in [-0.4, -0.2) is 31.6 Å². The molecule has 2 unspecified atom stereocenters. The lowest BCUT2D eigenvalue weighted by Gasteiger charge is -2.10. The summed E-state index contributed by atoms with van der Waals surface area (Å²) < 4.78 is 0. The van der Waals surface area contributed by atoms with Crippen molar-refractivity contribution < 1.29 is 4.79 Å². The summed E-state index contributed by atoms with van der Waals surface area (Å²) in [5.41, 5.74) is 5.13. The molecule has 4 nitrogen and oxygen atoms in total. The van der Waals surface area contributed by atoms with Crippen LogP contribution in [0.5, 0.6) is 0 Å². The molecule has 4 N–H and O–H groups in total. The number of carbonyl (C=O) groups excluding carboxylic acids is 1. The van der Waals surface area contributed by atoms with Crippen LogP contribution < -0.4 is 16.4 Å². The first kappa shape index (κ1) is 12.4. The van der Waals surface area contributed by atoms with E-state index in [9.17, 15) is 4.79 Å². The molecule has 4 heteroatoms. The van der Waals surface area contributed by atoms with E-state index in [0.717, 1.165) is 19.4 Å². The number of likely N-dealkylation sites (N-methyl/N-ethyl adjacent to an activating group) is 1. The molecule has 0 aliphatic carbocycles. The van der Waals surface area contributed by atoms with Gasteiger partial charge in [0.2, 0.25) is 5.91 Å². The lowest BCUT2D eigenvalue weighted by molar-refractivity contribution is -0.119. The first-order valence-corrected chi connectivity index (χ1v) is 4.94. The maximum Gasteiger partial charge on any atom is 0.234 e. The van der Waals surface area contributed by atoms with Gasteiger partial charge < -0.3 is 16.4 Å². The van der Waals surface area contributed by atoms with Crippen LogP contribution in [0.3, 0.4) is 0 Å². The first-order chi connectivity index (χ1) is 6.24. The molecule has 1 aliphatic rings. The molecule has 1 rings (SSSR count). The Hall–Kier alpha value is -0.610. The summed E-state index contributed by atoms with van der Waals surface area (Å²) in [6.45, 7) is 4.91. The summed E-state index contributed by atoms with van der Waals surface area (Å²) in [6, 6.07) is 0.311. The Labute approximate surface area is 80.3 Å². The zero-order valence-electron chi connectivity index (χ0n) is 8.76. The lowest BCUT2D eigenvalue weighted by Crippen LogP contribution is -2.42. The van der Waals surface area contributed by atoms with Gasteiger partial charge in [-0.05, 0) is 19.9 Å². The molecule has 78 valence electrons. The molecule has 0 spiro atoms. The fourth-order valence-electron chi connectivity index (χ4n) is 1.45. The third kappa shape index (κ3) is 4.24. The van der Waals surface area contributed by atoms with Crippen molar-refractivity contribution in [1.82, 2.24) is 10.6 Å². The highest BCUT2D eigenvalue weighted by Crippen LogP contribution is 2.10. The second-order valence-corrected chi connectivity index (χ2v) is 2.95. The molecule has 1 saturated heterocycles. The monoisotopic (exact) mass is 187 g/mol. The van der Waals surface area contributed by atoms with Crippen LogP contribution in [0.2, 0.25) is 0 Å². The summed E-state index contributed by atoms with van der Waals surface area (Å²) in [4.78, 5) is 10.7. The third-order valence-corrected chi connectivity index (χ3v) is 2.03. The molecule has 0 aromatic carbocycles. The van der Waals surface area contributed by atoms with E-state index in [4.69, 9.17) is 5.73 Å². The minimum Gasteiger partial charge on any atom is -0.368 e. The average molecular weight is 187 g/mol. The van der Waals surface area contributed by atoms with Crippen molar-refractivity contribution in [2.75, 3.05) is 13.6 Å². The molecule has 0 saturated carbocycles. The van der Waals surface area contributed by atoms with Crippen molar-refractivity contribution in [2.45, 2.75) is 38.8 Å². The van der Waals surface area contributed by atoms with Gasteiger partial charge >= 0.3 is 0 Å². The van der Waals surface area contributed by atoms with Crippen LogP contribution >= 0.6 is 0 Å². The Morgan fingerprint density at radius 2 is 2.15 bits per heavy atom. The molecular weight excluding hydrogens is 166 g/mol. The standard InChI is InChI=1S/C7H15N3O.C2H6/c1-9-4-5-2-3-6(10-5)7(8)11;1-2/h5-6,9-10H,2-4H2,1H3,(H2,8,11);1-2H3. The molecule has 1 amide bonds. The van der Waals surface area contributed by atoms with E-state index in [2.05, 4.69) is 10.6 Å². The van der Waals surface area contributed by atoms with Crippen LogP contribution in [0.1, 0.15) is 26.7 Å². The van der Waals surface area contributed by atoms with Crippen LogP contribution in [0.25, 0.3) is 0 Å². The number of hydrogen-bond acceptors (Lipinski definition) is 3. The van der Waals surface area contributed by atoms with Gasteiger partial charge in [0.15, 0.2) is 0 Å². The molecule has 0 bridgehead atoms. The van der Waals surface area contributed by atoms with Crippen LogP contribution in [0.15, 0.2) is 0 Å². The van der Waals surface area contributed by atoms with Crippen molar-refractivity contribution in [3.63, 3.8) is 0 Å². The zero-order chi connectivity index (χ0) is 10.3. The minimum absolute atomic E-state index is 0.103. The first-order valence-electron chi connectivity index (χ1n) is 4.94. The van der Waals surface area contributed by atoms with Gasteiger partial charge in [-0.2, -0.15) is 0 Å². The number of nitrogens with two attached hydrogens (primary N) is 1. The van der Waals surface area contributed by atoms with Gasteiger partial charge in [-0.1, -0.05) is 13.8 Å². The van der Waals surface area contributed by atoms with E-state index in [1.807, 2.05) is 20.9 Å². The Morgan fingerprint density at radius 3 is 2.54 bits per heavy atom. The van der Waals surface area contributed by atoms with Crippen molar-refractivity contribution in [3.8, 4) is 0 Å². The van der Waals surface area contributed by atoms with E-state index < -0.39 is 0 Å². The van der Waals surface area contributed by atoms with Gasteiger partial charge in [-0.15, -0.1) is 0 Å². The largest absolute Gasteiger partial charge is 0.368 e. The molecule has 0 aromatic heterocycles. The van der Waals surface area contributed by atoms with Crippen LogP contribution in [-0.2, 0) is 4.79 Å². The molecule has 1 aliphatic heterocycles. The van der Waals surface area contributed by atoms with Crippen molar-refractivity contribution in [1.29, 1.82) is 0 Å². The van der Waals surface area contributed by atoms with Crippen LogP contribution in [0.4, 0.5) is 0 Å². The highest BCUT2D eigenvalue weighted by atomic mass is 16.1. The number of nitrogens with one attached hydrogen (secondary N) is 2. The molecule has 2 atom stereocenters. The molecular formula is C9H21N3O. The number of hydrogen-bond donors (Lipinski definition) is 3. The number of amides is 1. The summed E-state index contributed by atoms with van der Waals surface area (Å²) in [6.07, 6.45) is 1.91. The van der Waals surface area contributed by atoms with Crippen LogP contribution in [0, 0.1) is 0 Å². The third-order valence-electron chi connectivity index (χ3n) is 2.03. The SMILES string of the molecule is CC.CNCC1CCC(C(N)=O)N1. The van der Waals surface area contributed by atoms with Gasteiger partial charge in [-0.25, -0.2) is 0 Å². The van der Waals surface area contributed by atoms with E-state index in [1.54, 1.807) is 0 Å². The van der Waals surface area contributed by atoms with E-state index in [0.29, 0.717) is 6.04 Å². The van der Waals surface area contributed by atoms with E-state index in [1.165, 1.54) is 0 Å². The summed E-state index contributed by atoms with van der Waals surface area (Å²) in [7, 11) is 1.90. The fourth-order valence-corrected chi connectivity index (χ4v) is 1.45. The van der Waals surface area contributed by atoms with Crippen molar-refractivity contribution in [2.24, 2.45) is 5.73 Å². The van der Waals surface area contributed by atoms with Gasteiger partial charge in [0.1, 0.15) is 0 Å². The van der Waals surface area contributed by atoms with E-state index >= 15 is 0 Å². The maximum atomic E-state index is 10.7. The second kappa shape index (κ2) is 6.86. The number of rotatable bonds is 3. The highest BCUT2D eigenvalue weighted by Gasteiger charge is 2.26. The Bertz CT molecular complexity index is 150. The smallest absolute Gasteiger partial charge is 0.234 e. The van der Waals surface area contributed by atoms with Gasteiger partial charge in [0, 0.05) is 12.6 Å². The Kier molecular flexibility index (Phi) is 6.54. The second-order valence-electron chi connectivity index (χ2n) is 2.95. The predicted octanol–water partition coefficient (Wildman–Crippen LogP) is -0.162. The van der Waals surface area contributed by atoms with Crippen molar-refractivity contribution in [3.05, 3.63) is 0 Å². The maximum absolute atomic E-state index is 10.7. The molecule has 1 heterocycles. The topological polar surface area (TPSA) is 67.1 Å². The zero-order valence-corrected chi connectivity index (χ0v) is 8.76. The molecule has 0 aromatic rings. The Morgan fingerprint density at radius 1 is 1.54 bits per heavy atom. The summed E-state index contributed by atoms with van der Waals surface area (Å²) in [5, 5.41) is 6.21. The molecule has 0 radical (unpaired) electrons. The van der Waals surface area contributed by atoms with Gasteiger partial charge in [0.25, 0.3) is 0 Å². The quantitative estimate of drug-likeness (QED) is 0.575. The molecule has 1 fully saturated rings. The summed E-state index contributed by atoms with van der Waals surface area (Å²) >= 11 is 0.